The Labute approximate surface area is 158 Å². The molecule has 1 aromatic rings. The number of hydrogen-bond donors (Lipinski definition) is 0. The third kappa shape index (κ3) is 4.12. The number of halogens is 3. The van der Waals surface area contributed by atoms with E-state index in [1.54, 1.807) is 30.3 Å². The Kier molecular flexibility index (Phi) is 6.08. The molecule has 0 unspecified atom stereocenters. The largest absolute Gasteiger partial charge is 0.450 e. The van der Waals surface area contributed by atoms with E-state index >= 15 is 4.39 Å². The van der Waals surface area contributed by atoms with Gasteiger partial charge in [0, 0.05) is 5.92 Å². The third-order valence-corrected chi connectivity index (χ3v) is 5.68. The van der Waals surface area contributed by atoms with Crippen LogP contribution in [0.25, 0.3) is 0 Å². The van der Waals surface area contributed by atoms with Crippen molar-refractivity contribution in [2.24, 2.45) is 11.8 Å². The van der Waals surface area contributed by atoms with Gasteiger partial charge in [0.2, 0.25) is 5.67 Å². The van der Waals surface area contributed by atoms with E-state index in [0.717, 1.165) is 37.8 Å². The minimum atomic E-state index is -2.73. The highest BCUT2D eigenvalue weighted by Crippen LogP contribution is 2.49. The molecule has 0 spiro atoms. The molecule has 2 nitrogen and oxygen atoms in total. The SMILES string of the molecule is CCC[C@H]1CC[C@H](C2(F)C(F)=CC(OC(=O)c3ccccc3)C=C2F)CC1. The van der Waals surface area contributed by atoms with Crippen LogP contribution in [-0.4, -0.2) is 17.7 Å². The number of allylic oxidation sites excluding steroid dienone is 2. The summed E-state index contributed by atoms with van der Waals surface area (Å²) in [6.45, 7) is 2.10. The monoisotopic (exact) mass is 378 g/mol. The standard InChI is InChI=1S/C22H25F3O2/c1-2-6-15-9-11-17(12-10-15)22(25)19(23)13-18(14-20(22)24)27-21(26)16-7-4-3-5-8-16/h3-5,7-8,13-15,17-18H,2,6,9-12H2,1H3/t15-,17-,18?,22?. The van der Waals surface area contributed by atoms with Crippen LogP contribution in [0.5, 0.6) is 0 Å². The topological polar surface area (TPSA) is 26.3 Å². The maximum absolute atomic E-state index is 15.4. The van der Waals surface area contributed by atoms with E-state index in [0.29, 0.717) is 18.8 Å². The van der Waals surface area contributed by atoms with Crippen molar-refractivity contribution in [3.05, 3.63) is 59.7 Å². The Morgan fingerprint density at radius 2 is 1.67 bits per heavy atom. The van der Waals surface area contributed by atoms with Gasteiger partial charge in [-0.2, -0.15) is 0 Å². The highest BCUT2D eigenvalue weighted by Gasteiger charge is 2.51. The van der Waals surface area contributed by atoms with Gasteiger partial charge in [-0.3, -0.25) is 0 Å². The number of carbonyl (C=O) groups is 1. The van der Waals surface area contributed by atoms with Gasteiger partial charge in [-0.05, 0) is 43.0 Å². The van der Waals surface area contributed by atoms with Gasteiger partial charge in [-0.25, -0.2) is 18.0 Å². The Balaban J connectivity index is 1.69. The lowest BCUT2D eigenvalue weighted by molar-refractivity contribution is 0.0371. The summed E-state index contributed by atoms with van der Waals surface area (Å²) < 4.78 is 49.7. The van der Waals surface area contributed by atoms with Crippen LogP contribution in [-0.2, 0) is 4.74 Å². The molecule has 0 amide bonds. The minimum absolute atomic E-state index is 0.270. The van der Waals surface area contributed by atoms with Crippen LogP contribution in [0.3, 0.4) is 0 Å². The molecule has 0 aliphatic heterocycles. The second-order valence-corrected chi connectivity index (χ2v) is 7.48. The molecule has 0 heterocycles. The molecular formula is C22H25F3O2. The minimum Gasteiger partial charge on any atom is -0.450 e. The van der Waals surface area contributed by atoms with Crippen LogP contribution in [0.4, 0.5) is 13.2 Å². The predicted octanol–water partition coefficient (Wildman–Crippen LogP) is 6.25. The highest BCUT2D eigenvalue weighted by molar-refractivity contribution is 5.89. The lowest BCUT2D eigenvalue weighted by Crippen LogP contribution is -2.40. The number of alkyl halides is 1. The molecule has 27 heavy (non-hydrogen) atoms. The van der Waals surface area contributed by atoms with Crippen LogP contribution >= 0.6 is 0 Å². The van der Waals surface area contributed by atoms with Gasteiger partial charge in [-0.15, -0.1) is 0 Å². The zero-order chi connectivity index (χ0) is 19.4. The van der Waals surface area contributed by atoms with Crippen LogP contribution in [0.2, 0.25) is 0 Å². The van der Waals surface area contributed by atoms with Gasteiger partial charge in [-0.1, -0.05) is 50.8 Å². The maximum Gasteiger partial charge on any atom is 0.339 e. The third-order valence-electron chi connectivity index (χ3n) is 5.68. The average Bonchev–Trinajstić information content (AvgIpc) is 2.67. The molecule has 3 rings (SSSR count). The summed E-state index contributed by atoms with van der Waals surface area (Å²) >= 11 is 0. The van der Waals surface area contributed by atoms with Crippen molar-refractivity contribution in [3.63, 3.8) is 0 Å². The normalized spacial score (nSPS) is 31.0. The molecular weight excluding hydrogens is 353 g/mol. The number of ether oxygens (including phenoxy) is 1. The van der Waals surface area contributed by atoms with Crippen molar-refractivity contribution in [2.45, 2.75) is 57.2 Å². The van der Waals surface area contributed by atoms with Gasteiger partial charge in [0.1, 0.15) is 17.8 Å². The fourth-order valence-electron chi connectivity index (χ4n) is 4.17. The van der Waals surface area contributed by atoms with E-state index in [9.17, 15) is 13.6 Å². The predicted molar refractivity (Wildman–Crippen MR) is 98.2 cm³/mol. The van der Waals surface area contributed by atoms with Crippen LogP contribution < -0.4 is 0 Å². The first-order valence-corrected chi connectivity index (χ1v) is 9.65. The Hall–Kier alpha value is -2.04. The molecule has 0 bridgehead atoms. The number of carbonyl (C=O) groups excluding carboxylic acids is 1. The van der Waals surface area contributed by atoms with E-state index in [-0.39, 0.29) is 5.56 Å². The number of benzene rings is 1. The number of esters is 1. The molecule has 0 saturated heterocycles. The smallest absolute Gasteiger partial charge is 0.339 e. The summed E-state index contributed by atoms with van der Waals surface area (Å²) in [5, 5.41) is 0. The maximum atomic E-state index is 15.4. The second kappa shape index (κ2) is 8.32. The van der Waals surface area contributed by atoms with Crippen LogP contribution in [0, 0.1) is 11.8 Å². The molecule has 0 radical (unpaired) electrons. The van der Waals surface area contributed by atoms with Crippen molar-refractivity contribution in [3.8, 4) is 0 Å². The Morgan fingerprint density at radius 1 is 1.07 bits per heavy atom. The van der Waals surface area contributed by atoms with Crippen molar-refractivity contribution in [1.29, 1.82) is 0 Å². The molecule has 1 aromatic carbocycles. The second-order valence-electron chi connectivity index (χ2n) is 7.48. The highest BCUT2D eigenvalue weighted by atomic mass is 19.2. The summed E-state index contributed by atoms with van der Waals surface area (Å²) in [7, 11) is 0. The quantitative estimate of drug-likeness (QED) is 0.566. The first kappa shape index (κ1) is 19.7. The fraction of sp³-hybridized carbons (Fsp3) is 0.500. The molecule has 0 atom stereocenters. The molecule has 0 aromatic heterocycles. The summed E-state index contributed by atoms with van der Waals surface area (Å²) in [6.07, 6.45) is 5.13. The van der Waals surface area contributed by atoms with E-state index in [4.69, 9.17) is 4.74 Å². The van der Waals surface area contributed by atoms with Gasteiger partial charge in [0.15, 0.2) is 0 Å². The van der Waals surface area contributed by atoms with E-state index in [1.807, 2.05) is 0 Å². The molecule has 146 valence electrons. The van der Waals surface area contributed by atoms with Crippen LogP contribution in [0.1, 0.15) is 55.8 Å². The van der Waals surface area contributed by atoms with Gasteiger partial charge in [0.05, 0.1) is 5.56 Å². The van der Waals surface area contributed by atoms with E-state index < -0.39 is 35.3 Å². The summed E-state index contributed by atoms with van der Waals surface area (Å²) in [4.78, 5) is 12.1. The van der Waals surface area contributed by atoms with E-state index in [1.165, 1.54) is 0 Å². The average molecular weight is 378 g/mol. The summed E-state index contributed by atoms with van der Waals surface area (Å²) in [5.41, 5.74) is -2.46. The fourth-order valence-corrected chi connectivity index (χ4v) is 4.17. The molecule has 1 fully saturated rings. The first-order chi connectivity index (χ1) is 12.9. The zero-order valence-corrected chi connectivity index (χ0v) is 15.5. The summed E-state index contributed by atoms with van der Waals surface area (Å²) in [6, 6.07) is 8.14. The zero-order valence-electron chi connectivity index (χ0n) is 15.5. The summed E-state index contributed by atoms with van der Waals surface area (Å²) in [5.74, 6) is -3.29. The Morgan fingerprint density at radius 3 is 2.22 bits per heavy atom. The van der Waals surface area contributed by atoms with Gasteiger partial charge >= 0.3 is 5.97 Å². The van der Waals surface area contributed by atoms with Crippen molar-refractivity contribution in [1.82, 2.24) is 0 Å². The van der Waals surface area contributed by atoms with Crippen molar-refractivity contribution < 1.29 is 22.7 Å². The molecule has 2 aliphatic carbocycles. The lowest BCUT2D eigenvalue weighted by Gasteiger charge is -2.38. The molecule has 1 saturated carbocycles. The van der Waals surface area contributed by atoms with Crippen molar-refractivity contribution >= 4 is 5.97 Å². The van der Waals surface area contributed by atoms with Crippen molar-refractivity contribution in [2.75, 3.05) is 0 Å². The molecule has 0 N–H and O–H groups in total. The molecule has 2 aliphatic rings. The number of rotatable bonds is 5. The van der Waals surface area contributed by atoms with Gasteiger partial charge in [0.25, 0.3) is 0 Å². The van der Waals surface area contributed by atoms with E-state index in [2.05, 4.69) is 6.92 Å². The first-order valence-electron chi connectivity index (χ1n) is 9.65. The number of hydrogen-bond acceptors (Lipinski definition) is 2. The molecule has 5 heteroatoms. The lowest BCUT2D eigenvalue weighted by atomic mass is 9.71. The Bertz CT molecular complexity index is 698. The van der Waals surface area contributed by atoms with Gasteiger partial charge < -0.3 is 4.74 Å². The van der Waals surface area contributed by atoms with Crippen LogP contribution in [0.15, 0.2) is 54.1 Å².